The molecule has 0 aliphatic heterocycles. The molecule has 0 saturated heterocycles. The van der Waals surface area contributed by atoms with Gasteiger partial charge in [-0.1, -0.05) is 64.0 Å². The summed E-state index contributed by atoms with van der Waals surface area (Å²) in [5.41, 5.74) is 4.70. The Bertz CT molecular complexity index is 531. The van der Waals surface area contributed by atoms with Gasteiger partial charge < -0.3 is 15.3 Å². The fourth-order valence-electron chi connectivity index (χ4n) is 4.06. The van der Waals surface area contributed by atoms with Crippen molar-refractivity contribution in [2.24, 2.45) is 11.8 Å². The first-order valence-electron chi connectivity index (χ1n) is 10.4. The van der Waals surface area contributed by atoms with Crippen LogP contribution < -0.4 is 5.48 Å². The van der Waals surface area contributed by atoms with Crippen LogP contribution in [0.2, 0.25) is 0 Å². The molecule has 0 bridgehead atoms. The van der Waals surface area contributed by atoms with E-state index >= 15 is 0 Å². The Morgan fingerprint density at radius 3 is 2.63 bits per heavy atom. The van der Waals surface area contributed by atoms with Crippen LogP contribution in [0, 0.1) is 11.8 Å². The number of carbonyl (C=O) groups is 1. The molecule has 0 aromatic carbocycles. The summed E-state index contributed by atoms with van der Waals surface area (Å²) < 4.78 is 0. The molecule has 6 nitrogen and oxygen atoms in total. The van der Waals surface area contributed by atoms with Crippen LogP contribution in [0.4, 0.5) is 0 Å². The molecule has 27 heavy (non-hydrogen) atoms. The summed E-state index contributed by atoms with van der Waals surface area (Å²) in [5, 5.41) is 29.0. The van der Waals surface area contributed by atoms with Crippen molar-refractivity contribution in [3.8, 4) is 0 Å². The lowest BCUT2D eigenvalue weighted by Gasteiger charge is -2.31. The third-order valence-electron chi connectivity index (χ3n) is 5.65. The number of rotatable bonds is 14. The summed E-state index contributed by atoms with van der Waals surface area (Å²) in [6, 6.07) is 0. The van der Waals surface area contributed by atoms with Crippen LogP contribution >= 0.6 is 0 Å². The minimum atomic E-state index is -1.02. The summed E-state index contributed by atoms with van der Waals surface area (Å²) >= 11 is 0. The van der Waals surface area contributed by atoms with E-state index in [1.54, 1.807) is 0 Å². The number of aliphatic hydroxyl groups excluding tert-OH is 2. The van der Waals surface area contributed by atoms with Gasteiger partial charge in [-0.2, -0.15) is 0 Å². The summed E-state index contributed by atoms with van der Waals surface area (Å²) in [7, 11) is 0. The lowest BCUT2D eigenvalue weighted by atomic mass is 9.79. The first-order chi connectivity index (χ1) is 13.0. The minimum absolute atomic E-state index is 0.0220. The van der Waals surface area contributed by atoms with Crippen LogP contribution in [0.5, 0.6) is 0 Å². The smallest absolute Gasteiger partial charge is 0.332 e. The Morgan fingerprint density at radius 1 is 1.22 bits per heavy atom. The Hall–Kier alpha value is -1.37. The summed E-state index contributed by atoms with van der Waals surface area (Å²) in [4.78, 5) is 15.4. The van der Waals surface area contributed by atoms with E-state index in [1.165, 1.54) is 38.5 Å². The normalized spacial score (nSPS) is 25.5. The van der Waals surface area contributed by atoms with Crippen molar-refractivity contribution in [2.75, 3.05) is 6.61 Å². The number of nitrogens with one attached hydrogen (secondary N) is 1. The van der Waals surface area contributed by atoms with Gasteiger partial charge in [0.25, 0.3) is 0 Å². The van der Waals surface area contributed by atoms with E-state index < -0.39 is 24.8 Å². The lowest BCUT2D eigenvalue weighted by Crippen LogP contribution is -2.30. The maximum absolute atomic E-state index is 10.5. The van der Waals surface area contributed by atoms with Crippen LogP contribution in [-0.2, 0) is 9.63 Å². The monoisotopic (exact) mass is 381 g/mol. The number of fused-ring (bicyclic) bond motifs is 1. The van der Waals surface area contributed by atoms with Gasteiger partial charge in [-0.25, -0.2) is 4.79 Å². The third kappa shape index (κ3) is 6.94. The predicted octanol–water partition coefficient (Wildman–Crippen LogP) is 3.30. The molecule has 3 unspecified atom stereocenters. The van der Waals surface area contributed by atoms with Crippen LogP contribution in [0.3, 0.4) is 0 Å². The van der Waals surface area contributed by atoms with Gasteiger partial charge in [-0.05, 0) is 30.8 Å². The SMILES string of the molecule is CCCCCCCCCC(O)C=CC1C(O)CC2=C(NOCC(=O)O)C[C@H]21. The van der Waals surface area contributed by atoms with Gasteiger partial charge in [0.1, 0.15) is 0 Å². The lowest BCUT2D eigenvalue weighted by molar-refractivity contribution is -0.144. The van der Waals surface area contributed by atoms with E-state index in [0.717, 1.165) is 30.5 Å². The van der Waals surface area contributed by atoms with Crippen molar-refractivity contribution in [3.05, 3.63) is 23.4 Å². The van der Waals surface area contributed by atoms with Crippen molar-refractivity contribution in [3.63, 3.8) is 0 Å². The fourth-order valence-corrected chi connectivity index (χ4v) is 4.06. The second-order valence-corrected chi connectivity index (χ2v) is 7.81. The molecule has 2 rings (SSSR count). The summed E-state index contributed by atoms with van der Waals surface area (Å²) in [5.74, 6) is -0.738. The number of carboxylic acids is 1. The topological polar surface area (TPSA) is 99.0 Å². The summed E-state index contributed by atoms with van der Waals surface area (Å²) in [6.45, 7) is 1.83. The van der Waals surface area contributed by atoms with E-state index in [1.807, 2.05) is 12.2 Å². The van der Waals surface area contributed by atoms with Crippen LogP contribution in [0.15, 0.2) is 23.4 Å². The van der Waals surface area contributed by atoms with Crippen LogP contribution in [0.25, 0.3) is 0 Å². The zero-order chi connectivity index (χ0) is 19.6. The number of hydroxylamine groups is 1. The highest BCUT2D eigenvalue weighted by atomic mass is 16.7. The number of unbranched alkanes of at least 4 members (excludes halogenated alkanes) is 6. The molecule has 1 saturated carbocycles. The highest BCUT2D eigenvalue weighted by Crippen LogP contribution is 2.49. The molecule has 0 heterocycles. The maximum atomic E-state index is 10.5. The molecular formula is C21H35NO5. The third-order valence-corrected chi connectivity index (χ3v) is 5.65. The van der Waals surface area contributed by atoms with Gasteiger partial charge in [-0.15, -0.1) is 0 Å². The molecule has 2 aliphatic rings. The Labute approximate surface area is 162 Å². The van der Waals surface area contributed by atoms with E-state index in [0.29, 0.717) is 6.42 Å². The van der Waals surface area contributed by atoms with Gasteiger partial charge in [0.2, 0.25) is 0 Å². The van der Waals surface area contributed by atoms with Gasteiger partial charge in [0.15, 0.2) is 6.61 Å². The van der Waals surface area contributed by atoms with E-state index in [4.69, 9.17) is 9.94 Å². The molecule has 0 radical (unpaired) electrons. The van der Waals surface area contributed by atoms with Crippen molar-refractivity contribution < 1.29 is 25.0 Å². The van der Waals surface area contributed by atoms with Crippen molar-refractivity contribution in [2.45, 2.75) is 83.3 Å². The minimum Gasteiger partial charge on any atom is -0.479 e. The number of hydrogen-bond donors (Lipinski definition) is 4. The number of aliphatic carboxylic acids is 1. The Morgan fingerprint density at radius 2 is 1.93 bits per heavy atom. The predicted molar refractivity (Wildman–Crippen MR) is 104 cm³/mol. The average Bonchev–Trinajstić information content (AvgIpc) is 2.86. The molecule has 4 N–H and O–H groups in total. The van der Waals surface area contributed by atoms with Crippen LogP contribution in [-0.4, -0.2) is 40.1 Å². The second kappa shape index (κ2) is 11.5. The van der Waals surface area contributed by atoms with Crippen LogP contribution in [0.1, 0.15) is 71.1 Å². The quantitative estimate of drug-likeness (QED) is 0.209. The van der Waals surface area contributed by atoms with E-state index in [2.05, 4.69) is 12.4 Å². The standard InChI is InChI=1S/C21H35NO5/c1-2-3-4-5-6-7-8-9-15(23)10-11-16-17-12-19(18(17)13-20(16)24)22-27-14-21(25)26/h10-11,15-17,20,22-24H,2-9,12-14H2,1H3,(H,25,26)/t15?,16?,17-,20?/m0/s1. The van der Waals surface area contributed by atoms with Gasteiger partial charge in [0, 0.05) is 11.6 Å². The van der Waals surface area contributed by atoms with Crippen molar-refractivity contribution in [1.29, 1.82) is 0 Å². The van der Waals surface area contributed by atoms with Gasteiger partial charge >= 0.3 is 5.97 Å². The molecular weight excluding hydrogens is 346 g/mol. The molecule has 0 aromatic heterocycles. The molecule has 154 valence electrons. The fraction of sp³-hybridized carbons (Fsp3) is 0.762. The highest BCUT2D eigenvalue weighted by molar-refractivity contribution is 5.67. The Balaban J connectivity index is 1.66. The molecule has 2 aliphatic carbocycles. The zero-order valence-electron chi connectivity index (χ0n) is 16.4. The number of carboxylic acid groups (broad SMARTS) is 1. The number of hydrogen-bond acceptors (Lipinski definition) is 5. The van der Waals surface area contributed by atoms with E-state index in [-0.39, 0.29) is 11.8 Å². The highest BCUT2D eigenvalue weighted by Gasteiger charge is 2.44. The Kier molecular flexibility index (Phi) is 9.31. The van der Waals surface area contributed by atoms with Gasteiger partial charge in [0.05, 0.1) is 12.2 Å². The first-order valence-corrected chi connectivity index (χ1v) is 10.4. The molecule has 1 fully saturated rings. The van der Waals surface area contributed by atoms with Gasteiger partial charge in [-0.3, -0.25) is 10.3 Å². The number of allylic oxidation sites excluding steroid dienone is 1. The average molecular weight is 382 g/mol. The van der Waals surface area contributed by atoms with E-state index in [9.17, 15) is 15.0 Å². The molecule has 0 aromatic rings. The molecule has 0 amide bonds. The summed E-state index contributed by atoms with van der Waals surface area (Å²) in [6.07, 6.45) is 13.6. The molecule has 6 heteroatoms. The van der Waals surface area contributed by atoms with Crippen molar-refractivity contribution >= 4 is 5.97 Å². The first kappa shape index (κ1) is 21.9. The number of aliphatic hydroxyl groups is 2. The maximum Gasteiger partial charge on any atom is 0.332 e. The second-order valence-electron chi connectivity index (χ2n) is 7.81. The van der Waals surface area contributed by atoms with Crippen molar-refractivity contribution in [1.82, 2.24) is 5.48 Å². The largest absolute Gasteiger partial charge is 0.479 e. The molecule has 0 spiro atoms. The molecule has 4 atom stereocenters. The zero-order valence-corrected chi connectivity index (χ0v) is 16.4.